The van der Waals surface area contributed by atoms with Gasteiger partial charge in [-0.3, -0.25) is 39.4 Å². The number of hydrogen-bond donors (Lipinski definition) is 10. The van der Waals surface area contributed by atoms with Crippen LogP contribution in [0.5, 0.6) is 11.5 Å². The number of thioether (sulfide) groups is 2. The minimum Gasteiger partial charge on any atom is -0.507 e. The minimum atomic E-state index is -1.19. The number of amides is 6. The molecule has 1 aliphatic rings. The molecule has 25 heteroatoms. The molecule has 94 heavy (non-hydrogen) atoms. The first-order valence-corrected chi connectivity index (χ1v) is 34.9. The normalized spacial score (nSPS) is 15.1. The number of phenols is 1. The van der Waals surface area contributed by atoms with Crippen LogP contribution in [-0.4, -0.2) is 108 Å². The SMILES string of the molecule is C=C(C)C1CCC(C)=CC1c1c(O)cc(CCCCC)cc1OC(=O)ONC(=O)[C@@H](CSc1cccs1)[C@@H](CC(C)C)C(=O)N[C@@H](Cc1ccccc1)C(=O)NC.CNC(=O)[C@H](Cc1ccccc1)NC(=O)[C@H](CC(C)C)[C@H](CSc1cccs1)C(=O)NO.[B]C(=N)O.[Y]. The number of aliphatic hydroxyl groups is 1. The molecule has 3 aromatic carbocycles. The number of carbonyl (C=O) groups is 7. The van der Waals surface area contributed by atoms with Gasteiger partial charge in [-0.1, -0.05) is 144 Å². The van der Waals surface area contributed by atoms with E-state index in [0.29, 0.717) is 37.0 Å². The number of phenolic OH excluding ortho intramolecular Hbond substituents is 1. The van der Waals surface area contributed by atoms with Crippen molar-refractivity contribution in [3.63, 3.8) is 0 Å². The number of ether oxygens (including phenoxy) is 1. The Morgan fingerprint density at radius 1 is 0.702 bits per heavy atom. The second-order valence-corrected chi connectivity index (χ2v) is 28.2. The first-order valence-electron chi connectivity index (χ1n) is 31.2. The van der Waals surface area contributed by atoms with Crippen molar-refractivity contribution in [3.8, 4) is 11.5 Å². The molecule has 2 heterocycles. The number of unbranched alkanes of at least 4 members (excludes halogenated alkanes) is 2. The number of thiophene rings is 2. The van der Waals surface area contributed by atoms with Gasteiger partial charge in [0.2, 0.25) is 29.5 Å². The fourth-order valence-corrected chi connectivity index (χ4v) is 14.8. The van der Waals surface area contributed by atoms with E-state index in [9.17, 15) is 43.9 Å². The van der Waals surface area contributed by atoms with Gasteiger partial charge in [0, 0.05) is 82.6 Å². The summed E-state index contributed by atoms with van der Waals surface area (Å²) in [5, 5.41) is 48.9. The van der Waals surface area contributed by atoms with Crippen LogP contribution < -0.4 is 37.0 Å². The third kappa shape index (κ3) is 28.6. The Labute approximate surface area is 597 Å². The van der Waals surface area contributed by atoms with Gasteiger partial charge in [0.1, 0.15) is 29.4 Å². The number of hydrogen-bond acceptors (Lipinski definition) is 16. The molecule has 10 N–H and O–H groups in total. The summed E-state index contributed by atoms with van der Waals surface area (Å²) in [6, 6.07) is 28.4. The van der Waals surface area contributed by atoms with E-state index >= 15 is 0 Å². The number of hydroxylamine groups is 2. The van der Waals surface area contributed by atoms with Crippen LogP contribution in [0.2, 0.25) is 0 Å². The van der Waals surface area contributed by atoms with Crippen LogP contribution in [0.3, 0.4) is 0 Å². The summed E-state index contributed by atoms with van der Waals surface area (Å²) in [4.78, 5) is 98.5. The fourth-order valence-electron chi connectivity index (χ4n) is 10.8. The molecule has 3 radical (unpaired) electrons. The number of nitrogens with one attached hydrogen (secondary N) is 7. The standard InChI is InChI=1S/C45H59N3O7S2.C23H31N3O4S2.CH2BNO.Y/c1-8-9-11-17-32-25-38(49)41(34-23-30(6)19-20-33(34)29(4)5)39(26-32)54-45(53)55-48-43(51)36(27-57-40-18-14-21-56-40)35(22-28(2)3)42(50)47-37(44(52)46-7)24-31-15-12-10-13-16-31;1-15(2)12-17(18(22(28)26-30)14-32-20-10-7-11-31-20)21(27)25-19(23(29)24-3)13-16-8-5-4-6-9-16;2-1(3)4;/h10,12-16,18,21,23,25-26,28,33-37,49H,4,8-9,11,17,19-20,22,24,27H2,1-3,5-7H3,(H,46,52)(H,47,50)(H,48,51);4-11,15,17-19,30H,12-14H2,1-3H3,(H,24,29)(H,25,27)(H,26,28);(H2,3,4);/t33?,34?,35-,36+,37+;17-,18+,19+;;/m11../s1. The zero-order valence-electron chi connectivity index (χ0n) is 55.2. The summed E-state index contributed by atoms with van der Waals surface area (Å²) < 4.78 is 7.82. The molecule has 5 aromatic rings. The molecule has 505 valence electrons. The Morgan fingerprint density at radius 3 is 1.60 bits per heavy atom. The molecular weight excluding hydrogens is 1350 g/mol. The Balaban J connectivity index is 0.000000525. The number of aromatic hydroxyl groups is 1. The Hall–Kier alpha value is -6.27. The molecule has 19 nitrogen and oxygen atoms in total. The van der Waals surface area contributed by atoms with Crippen LogP contribution in [0.25, 0.3) is 0 Å². The van der Waals surface area contributed by atoms with Crippen LogP contribution in [-0.2, 0) is 85.6 Å². The minimum absolute atomic E-state index is 0. The molecule has 8 atom stereocenters. The zero-order valence-corrected chi connectivity index (χ0v) is 61.3. The van der Waals surface area contributed by atoms with Gasteiger partial charge in [-0.15, -0.1) is 46.2 Å². The van der Waals surface area contributed by atoms with E-state index in [1.54, 1.807) is 28.9 Å². The monoisotopic (exact) mass is 1440 g/mol. The quantitative estimate of drug-likeness (QED) is 0.00189. The van der Waals surface area contributed by atoms with E-state index in [-0.39, 0.29) is 97.8 Å². The smallest absolute Gasteiger partial charge is 0.507 e. The first kappa shape index (κ1) is 82.0. The number of benzene rings is 3. The van der Waals surface area contributed by atoms with Gasteiger partial charge >= 0.3 is 6.16 Å². The van der Waals surface area contributed by atoms with Gasteiger partial charge in [-0.05, 0) is 122 Å². The summed E-state index contributed by atoms with van der Waals surface area (Å²) in [5.74, 6) is -6.28. The van der Waals surface area contributed by atoms with Crippen molar-refractivity contribution in [1.82, 2.24) is 32.2 Å². The number of aliphatic hydroxyl groups excluding tert-OH is 1. The molecule has 0 aliphatic heterocycles. The largest absolute Gasteiger partial charge is 0.538 e. The summed E-state index contributed by atoms with van der Waals surface area (Å²) >= 11 is 5.96. The molecule has 2 aromatic heterocycles. The molecule has 0 saturated heterocycles. The summed E-state index contributed by atoms with van der Waals surface area (Å²) in [5.41, 5.74) is 9.21. The predicted octanol–water partition coefficient (Wildman–Crippen LogP) is 12.0. The van der Waals surface area contributed by atoms with Crippen molar-refractivity contribution in [3.05, 3.63) is 154 Å². The summed E-state index contributed by atoms with van der Waals surface area (Å²) in [6.07, 6.45) is 7.64. The van der Waals surface area contributed by atoms with Crippen molar-refractivity contribution in [2.75, 3.05) is 25.6 Å². The third-order valence-corrected chi connectivity index (χ3v) is 19.9. The zero-order chi connectivity index (χ0) is 68.6. The third-order valence-electron chi connectivity index (χ3n) is 15.4. The molecule has 2 unspecified atom stereocenters. The molecule has 0 spiro atoms. The van der Waals surface area contributed by atoms with Crippen LogP contribution in [0, 0.1) is 46.8 Å². The van der Waals surface area contributed by atoms with Crippen molar-refractivity contribution in [2.45, 2.75) is 139 Å². The maximum absolute atomic E-state index is 14.2. The number of aryl methyl sites for hydroxylation is 1. The first-order chi connectivity index (χ1) is 44.4. The number of rotatable bonds is 31. The number of allylic oxidation sites excluding steroid dienone is 3. The Morgan fingerprint density at radius 2 is 1.18 bits per heavy atom. The van der Waals surface area contributed by atoms with E-state index in [4.69, 9.17) is 20.1 Å². The van der Waals surface area contributed by atoms with Crippen LogP contribution in [0.1, 0.15) is 122 Å². The van der Waals surface area contributed by atoms with E-state index in [0.717, 1.165) is 68.4 Å². The topological polar surface area (TPSA) is 295 Å². The molecule has 6 rings (SSSR count). The van der Waals surface area contributed by atoms with E-state index in [2.05, 4.69) is 54.2 Å². The van der Waals surface area contributed by atoms with Crippen molar-refractivity contribution >= 4 is 101 Å². The maximum atomic E-state index is 14.2. The average molecular weight is 1440 g/mol. The van der Waals surface area contributed by atoms with E-state index in [1.807, 2.05) is 137 Å². The molecule has 6 amide bonds. The number of likely N-dealkylation sites (N-methyl/N-ethyl adjacent to an activating group) is 2. The van der Waals surface area contributed by atoms with E-state index < -0.39 is 65.4 Å². The molecule has 0 bridgehead atoms. The van der Waals surface area contributed by atoms with Crippen molar-refractivity contribution in [2.24, 2.45) is 41.4 Å². The fraction of sp³-hybridized carbons (Fsp3) is 0.449. The second kappa shape index (κ2) is 43.7. The average Bonchev–Trinajstić information content (AvgIpc) is 0.872. The predicted molar refractivity (Wildman–Crippen MR) is 372 cm³/mol. The Kier molecular flexibility index (Phi) is 38.1. The summed E-state index contributed by atoms with van der Waals surface area (Å²) in [6.45, 7) is 18.2. The van der Waals surface area contributed by atoms with Gasteiger partial charge in [0.05, 0.1) is 32.1 Å². The van der Waals surface area contributed by atoms with E-state index in [1.165, 1.54) is 49.0 Å². The van der Waals surface area contributed by atoms with Crippen LogP contribution >= 0.6 is 46.2 Å². The molecule has 0 fully saturated rings. The van der Waals surface area contributed by atoms with Crippen LogP contribution in [0.4, 0.5) is 4.79 Å². The molecule has 1 aliphatic carbocycles. The van der Waals surface area contributed by atoms with Gasteiger partial charge in [0.15, 0.2) is 7.85 Å². The second-order valence-electron chi connectivity index (χ2n) is 23.7. The molecular formula is C69H92BN7O12S4Y. The Bertz CT molecular complexity index is 3210. The van der Waals surface area contributed by atoms with Crippen molar-refractivity contribution < 1.29 is 91.3 Å². The van der Waals surface area contributed by atoms with Gasteiger partial charge in [-0.2, -0.15) is 5.48 Å². The summed E-state index contributed by atoms with van der Waals surface area (Å²) in [7, 11) is 7.29. The number of carbonyl (C=O) groups excluding carboxylic acids is 7. The van der Waals surface area contributed by atoms with Gasteiger partial charge < -0.3 is 41.1 Å². The molecule has 0 saturated carbocycles. The van der Waals surface area contributed by atoms with Crippen LogP contribution in [0.15, 0.2) is 140 Å². The maximum Gasteiger partial charge on any atom is 0.538 e. The van der Waals surface area contributed by atoms with Gasteiger partial charge in [-0.25, -0.2) is 10.3 Å². The van der Waals surface area contributed by atoms with Crippen molar-refractivity contribution in [1.29, 1.82) is 5.41 Å². The van der Waals surface area contributed by atoms with Gasteiger partial charge in [0.25, 0.3) is 5.91 Å².